The molecule has 0 saturated carbocycles. The van der Waals surface area contributed by atoms with Gasteiger partial charge in [0, 0.05) is 6.42 Å². The first-order valence-electron chi connectivity index (χ1n) is 9.40. The predicted octanol–water partition coefficient (Wildman–Crippen LogP) is 5.64. The summed E-state index contributed by atoms with van der Waals surface area (Å²) >= 11 is 0. The van der Waals surface area contributed by atoms with E-state index < -0.39 is 5.97 Å². The van der Waals surface area contributed by atoms with Gasteiger partial charge in [0.05, 0.1) is 6.10 Å². The van der Waals surface area contributed by atoms with Crippen molar-refractivity contribution in [3.05, 3.63) is 24.3 Å². The maximum atomic E-state index is 10.4. The summed E-state index contributed by atoms with van der Waals surface area (Å²) in [6.07, 6.45) is 21.3. The van der Waals surface area contributed by atoms with Crippen molar-refractivity contribution in [1.29, 1.82) is 0 Å². The molecule has 1 atom stereocenters. The van der Waals surface area contributed by atoms with Crippen LogP contribution in [0.5, 0.6) is 0 Å². The van der Waals surface area contributed by atoms with E-state index >= 15 is 0 Å². The summed E-state index contributed by atoms with van der Waals surface area (Å²) in [7, 11) is 0. The van der Waals surface area contributed by atoms with Gasteiger partial charge in [-0.1, -0.05) is 82.6 Å². The van der Waals surface area contributed by atoms with E-state index in [9.17, 15) is 9.90 Å². The van der Waals surface area contributed by atoms with Gasteiger partial charge in [-0.05, 0) is 25.7 Å². The molecule has 3 nitrogen and oxygen atoms in total. The molecule has 0 radical (unpaired) electrons. The summed E-state index contributed by atoms with van der Waals surface area (Å²) in [6.45, 7) is 2.21. The zero-order valence-electron chi connectivity index (χ0n) is 14.9. The number of carboxylic acids is 1. The average molecular weight is 325 g/mol. The molecule has 0 aromatic heterocycles. The van der Waals surface area contributed by atoms with E-state index in [1.807, 2.05) is 18.2 Å². The Morgan fingerprint density at radius 3 is 2.22 bits per heavy atom. The zero-order chi connectivity index (χ0) is 17.2. The van der Waals surface area contributed by atoms with E-state index in [1.54, 1.807) is 0 Å². The summed E-state index contributed by atoms with van der Waals surface area (Å²) < 4.78 is 0. The van der Waals surface area contributed by atoms with Gasteiger partial charge >= 0.3 is 5.97 Å². The molecule has 0 amide bonds. The number of aliphatic carboxylic acids is 1. The number of hydrogen-bond acceptors (Lipinski definition) is 2. The van der Waals surface area contributed by atoms with Crippen LogP contribution in [0.15, 0.2) is 24.3 Å². The Balaban J connectivity index is 3.35. The van der Waals surface area contributed by atoms with Gasteiger partial charge in [-0.15, -0.1) is 0 Å². The molecule has 0 aromatic carbocycles. The largest absolute Gasteiger partial charge is 0.481 e. The fourth-order valence-electron chi connectivity index (χ4n) is 2.49. The topological polar surface area (TPSA) is 57.5 Å². The Morgan fingerprint density at radius 1 is 0.913 bits per heavy atom. The third kappa shape index (κ3) is 18.9. The fourth-order valence-corrected chi connectivity index (χ4v) is 2.49. The Hall–Kier alpha value is -1.09. The van der Waals surface area contributed by atoms with Gasteiger partial charge in [0.1, 0.15) is 0 Å². The molecule has 2 N–H and O–H groups in total. The summed E-state index contributed by atoms with van der Waals surface area (Å²) in [4.78, 5) is 10.4. The monoisotopic (exact) mass is 324 g/mol. The molecule has 0 aliphatic carbocycles. The van der Waals surface area contributed by atoms with Crippen LogP contribution in [-0.2, 0) is 4.79 Å². The van der Waals surface area contributed by atoms with E-state index in [4.69, 9.17) is 5.11 Å². The number of carboxylic acid groups (broad SMARTS) is 1. The molecule has 23 heavy (non-hydrogen) atoms. The molecule has 0 aromatic rings. The molecule has 0 saturated heterocycles. The highest BCUT2D eigenvalue weighted by Crippen LogP contribution is 2.11. The lowest BCUT2D eigenvalue weighted by molar-refractivity contribution is -0.137. The lowest BCUT2D eigenvalue weighted by atomic mass is 10.1. The molecule has 0 spiro atoms. The molecular weight excluding hydrogens is 288 g/mol. The van der Waals surface area contributed by atoms with Crippen molar-refractivity contribution >= 4 is 5.97 Å². The van der Waals surface area contributed by atoms with Gasteiger partial charge in [-0.25, -0.2) is 0 Å². The van der Waals surface area contributed by atoms with Crippen LogP contribution in [0.4, 0.5) is 0 Å². The molecule has 134 valence electrons. The van der Waals surface area contributed by atoms with Crippen LogP contribution in [0.3, 0.4) is 0 Å². The van der Waals surface area contributed by atoms with Crippen molar-refractivity contribution in [2.45, 2.75) is 96.5 Å². The minimum absolute atomic E-state index is 0.297. The second kappa shape index (κ2) is 17.3. The van der Waals surface area contributed by atoms with Crippen molar-refractivity contribution < 1.29 is 15.0 Å². The van der Waals surface area contributed by atoms with Gasteiger partial charge in [0.15, 0.2) is 0 Å². The quantitative estimate of drug-likeness (QED) is 0.285. The van der Waals surface area contributed by atoms with E-state index in [2.05, 4.69) is 13.0 Å². The summed E-state index contributed by atoms with van der Waals surface area (Å²) in [5, 5.41) is 18.4. The number of aliphatic hydroxyl groups is 1. The lowest BCUT2D eigenvalue weighted by Crippen LogP contribution is -2.01. The van der Waals surface area contributed by atoms with Gasteiger partial charge in [0.25, 0.3) is 0 Å². The molecule has 0 aliphatic heterocycles. The maximum absolute atomic E-state index is 10.4. The molecule has 3 heteroatoms. The zero-order valence-corrected chi connectivity index (χ0v) is 14.9. The fraction of sp³-hybridized carbons (Fsp3) is 0.750. The minimum atomic E-state index is -0.692. The van der Waals surface area contributed by atoms with E-state index in [0.717, 1.165) is 44.9 Å². The van der Waals surface area contributed by atoms with Crippen molar-refractivity contribution in [1.82, 2.24) is 0 Å². The number of rotatable bonds is 16. The molecule has 0 rings (SSSR count). The first kappa shape index (κ1) is 21.9. The summed E-state index contributed by atoms with van der Waals surface area (Å²) in [5.41, 5.74) is 0. The van der Waals surface area contributed by atoms with Crippen molar-refractivity contribution in [2.24, 2.45) is 0 Å². The highest BCUT2D eigenvalue weighted by atomic mass is 16.4. The molecule has 0 bridgehead atoms. The maximum Gasteiger partial charge on any atom is 0.303 e. The normalized spacial score (nSPS) is 13.1. The molecule has 0 fully saturated rings. The Bertz CT molecular complexity index is 321. The van der Waals surface area contributed by atoms with Crippen LogP contribution < -0.4 is 0 Å². The van der Waals surface area contributed by atoms with Gasteiger partial charge < -0.3 is 10.2 Å². The first-order valence-corrected chi connectivity index (χ1v) is 9.40. The third-order valence-corrected chi connectivity index (χ3v) is 3.95. The van der Waals surface area contributed by atoms with Gasteiger partial charge in [-0.2, -0.15) is 0 Å². The number of aliphatic hydroxyl groups excluding tert-OH is 1. The molecule has 0 aliphatic rings. The van der Waals surface area contributed by atoms with Crippen LogP contribution in [-0.4, -0.2) is 22.3 Å². The van der Waals surface area contributed by atoms with Crippen LogP contribution >= 0.6 is 0 Å². The van der Waals surface area contributed by atoms with Crippen LogP contribution in [0.1, 0.15) is 90.4 Å². The Morgan fingerprint density at radius 2 is 1.57 bits per heavy atom. The minimum Gasteiger partial charge on any atom is -0.481 e. The summed E-state index contributed by atoms with van der Waals surface area (Å²) in [6, 6.07) is 0. The third-order valence-electron chi connectivity index (χ3n) is 3.95. The smallest absolute Gasteiger partial charge is 0.303 e. The van der Waals surface area contributed by atoms with Gasteiger partial charge in [0.2, 0.25) is 0 Å². The summed E-state index contributed by atoms with van der Waals surface area (Å²) in [5.74, 6) is -0.692. The predicted molar refractivity (Wildman–Crippen MR) is 97.6 cm³/mol. The Kier molecular flexibility index (Phi) is 16.4. The van der Waals surface area contributed by atoms with E-state index in [0.29, 0.717) is 6.42 Å². The molecular formula is C20H36O3. The van der Waals surface area contributed by atoms with Crippen LogP contribution in [0.25, 0.3) is 0 Å². The van der Waals surface area contributed by atoms with E-state index in [-0.39, 0.29) is 6.10 Å². The number of hydrogen-bond donors (Lipinski definition) is 2. The number of carbonyl (C=O) groups is 1. The van der Waals surface area contributed by atoms with Crippen LogP contribution in [0, 0.1) is 0 Å². The standard InChI is InChI=1S/C20H36O3/c1-2-3-4-5-7-10-13-16-19(21)17-14-11-8-6-9-12-15-18-20(22)23/h7,10,13,16,19,21H,2-6,8-9,11-12,14-15,17-18H2,1H3,(H,22,23)/t19-/m1/s1. The molecule has 0 unspecified atom stereocenters. The van der Waals surface area contributed by atoms with Crippen molar-refractivity contribution in [3.8, 4) is 0 Å². The second-order valence-electron chi connectivity index (χ2n) is 6.28. The van der Waals surface area contributed by atoms with Crippen LogP contribution in [0.2, 0.25) is 0 Å². The second-order valence-corrected chi connectivity index (χ2v) is 6.28. The lowest BCUT2D eigenvalue weighted by Gasteiger charge is -2.05. The van der Waals surface area contributed by atoms with Crippen molar-refractivity contribution in [2.75, 3.05) is 0 Å². The first-order chi connectivity index (χ1) is 11.2. The van der Waals surface area contributed by atoms with Crippen molar-refractivity contribution in [3.63, 3.8) is 0 Å². The number of unbranched alkanes of at least 4 members (excludes halogenated alkanes) is 9. The molecule has 0 heterocycles. The van der Waals surface area contributed by atoms with E-state index in [1.165, 1.54) is 32.1 Å². The number of allylic oxidation sites excluding steroid dienone is 3. The Labute approximate surface area is 142 Å². The average Bonchev–Trinajstić information content (AvgIpc) is 2.52. The highest BCUT2D eigenvalue weighted by Gasteiger charge is 1.99. The highest BCUT2D eigenvalue weighted by molar-refractivity contribution is 5.66. The van der Waals surface area contributed by atoms with Gasteiger partial charge in [-0.3, -0.25) is 4.79 Å². The SMILES string of the molecule is CCCCCC=CC=C[C@@H](O)CCCCCCCCCC(=O)O.